The average Bonchev–Trinajstić information content (AvgIpc) is 2.55. The number of benzene rings is 2. The lowest BCUT2D eigenvalue weighted by Crippen LogP contribution is -2.46. The van der Waals surface area contributed by atoms with E-state index in [0.717, 1.165) is 11.1 Å². The lowest BCUT2D eigenvalue weighted by molar-refractivity contribution is -0.134. The van der Waals surface area contributed by atoms with Gasteiger partial charge in [-0.3, -0.25) is 4.79 Å². The summed E-state index contributed by atoms with van der Waals surface area (Å²) in [6.45, 7) is 2.42. The molecule has 1 atom stereocenters. The van der Waals surface area contributed by atoms with Crippen molar-refractivity contribution in [2.24, 2.45) is 0 Å². The molecule has 0 heterocycles. The minimum Gasteiger partial charge on any atom is -0.465 e. The van der Waals surface area contributed by atoms with E-state index < -0.39 is 12.1 Å². The number of carboxylic acid groups (broad SMARTS) is 1. The first-order valence-electron chi connectivity index (χ1n) is 7.42. The summed E-state index contributed by atoms with van der Waals surface area (Å²) in [6.07, 6.45) is -1.20. The van der Waals surface area contributed by atoms with Gasteiger partial charge in [0.1, 0.15) is 6.04 Å². The van der Waals surface area contributed by atoms with Crippen LogP contribution in [0.5, 0.6) is 0 Å². The zero-order valence-electron chi connectivity index (χ0n) is 13.0. The number of nitrogens with zero attached hydrogens (tertiary/aromatic N) is 1. The molecule has 2 aromatic rings. The smallest absolute Gasteiger partial charge is 0.405 e. The molecular formula is C18H20N2O3. The lowest BCUT2D eigenvalue weighted by Gasteiger charge is -2.26. The van der Waals surface area contributed by atoms with Crippen LogP contribution in [0.25, 0.3) is 0 Å². The van der Waals surface area contributed by atoms with Crippen LogP contribution in [0.1, 0.15) is 18.1 Å². The highest BCUT2D eigenvalue weighted by Crippen LogP contribution is 2.11. The Balaban J connectivity index is 2.16. The summed E-state index contributed by atoms with van der Waals surface area (Å²) in [6, 6.07) is 18.5. The average molecular weight is 312 g/mol. The van der Waals surface area contributed by atoms with Crippen molar-refractivity contribution in [1.82, 2.24) is 10.2 Å². The quantitative estimate of drug-likeness (QED) is 0.861. The number of hydrogen-bond donors (Lipinski definition) is 2. The molecule has 5 heteroatoms. The molecule has 0 fully saturated rings. The molecule has 23 heavy (non-hydrogen) atoms. The van der Waals surface area contributed by atoms with Gasteiger partial charge in [-0.25, -0.2) is 4.79 Å². The molecule has 0 aliphatic heterocycles. The van der Waals surface area contributed by atoms with Crippen molar-refractivity contribution in [3.05, 3.63) is 71.8 Å². The highest BCUT2D eigenvalue weighted by atomic mass is 16.4. The molecule has 2 rings (SSSR count). The maximum Gasteiger partial charge on any atom is 0.405 e. The van der Waals surface area contributed by atoms with E-state index in [0.29, 0.717) is 13.1 Å². The fourth-order valence-corrected chi connectivity index (χ4v) is 2.34. The number of nitrogens with one attached hydrogen (secondary N) is 1. The van der Waals surface area contributed by atoms with Crippen LogP contribution in [0.3, 0.4) is 0 Å². The Hall–Kier alpha value is -2.82. The number of carbonyl (C=O) groups is 2. The van der Waals surface area contributed by atoms with Crippen molar-refractivity contribution in [1.29, 1.82) is 0 Å². The number of carbonyl (C=O) groups excluding carboxylic acids is 1. The standard InChI is InChI=1S/C18H20N2O3/c1-14(19-18(22)23)17(21)20(12-15-8-4-2-5-9-15)13-16-10-6-3-7-11-16/h2-11,14,19H,12-13H2,1H3,(H,22,23)/t14-/m0/s1. The van der Waals surface area contributed by atoms with Crippen LogP contribution in [-0.2, 0) is 17.9 Å². The Labute approximate surface area is 135 Å². The molecule has 0 bridgehead atoms. The fourth-order valence-electron chi connectivity index (χ4n) is 2.34. The maximum absolute atomic E-state index is 12.6. The molecule has 0 radical (unpaired) electrons. The zero-order valence-corrected chi connectivity index (χ0v) is 13.0. The minimum atomic E-state index is -1.20. The predicted octanol–water partition coefficient (Wildman–Crippen LogP) is 2.87. The van der Waals surface area contributed by atoms with Crippen LogP contribution >= 0.6 is 0 Å². The normalized spacial score (nSPS) is 11.5. The summed E-state index contributed by atoms with van der Waals surface area (Å²) in [5, 5.41) is 11.0. The number of rotatable bonds is 6. The van der Waals surface area contributed by atoms with E-state index in [1.54, 1.807) is 11.8 Å². The Morgan fingerprint density at radius 2 is 1.39 bits per heavy atom. The van der Waals surface area contributed by atoms with Crippen LogP contribution < -0.4 is 5.32 Å². The zero-order chi connectivity index (χ0) is 16.7. The SMILES string of the molecule is C[C@H](NC(=O)O)C(=O)N(Cc1ccccc1)Cc1ccccc1. The molecule has 120 valence electrons. The summed E-state index contributed by atoms with van der Waals surface area (Å²) in [5.74, 6) is -0.250. The summed E-state index contributed by atoms with van der Waals surface area (Å²) >= 11 is 0. The van der Waals surface area contributed by atoms with E-state index in [1.165, 1.54) is 0 Å². The van der Waals surface area contributed by atoms with Crippen molar-refractivity contribution in [3.63, 3.8) is 0 Å². The van der Waals surface area contributed by atoms with Gasteiger partial charge in [-0.2, -0.15) is 0 Å². The second-order valence-electron chi connectivity index (χ2n) is 5.34. The largest absolute Gasteiger partial charge is 0.465 e. The van der Waals surface area contributed by atoms with Gasteiger partial charge in [-0.1, -0.05) is 60.7 Å². The van der Waals surface area contributed by atoms with Crippen molar-refractivity contribution in [2.75, 3.05) is 0 Å². The maximum atomic E-state index is 12.6. The topological polar surface area (TPSA) is 69.6 Å². The summed E-state index contributed by atoms with van der Waals surface area (Å²) in [4.78, 5) is 25.0. The third kappa shape index (κ3) is 5.14. The van der Waals surface area contributed by atoms with E-state index in [4.69, 9.17) is 5.11 Å². The molecule has 0 unspecified atom stereocenters. The molecule has 0 spiro atoms. The molecule has 2 amide bonds. The second kappa shape index (κ2) is 7.98. The Morgan fingerprint density at radius 1 is 0.957 bits per heavy atom. The van der Waals surface area contributed by atoms with Crippen LogP contribution in [0.2, 0.25) is 0 Å². The lowest BCUT2D eigenvalue weighted by atomic mass is 10.1. The van der Waals surface area contributed by atoms with Gasteiger partial charge in [0.2, 0.25) is 5.91 Å². The number of amides is 2. The molecule has 0 aliphatic rings. The van der Waals surface area contributed by atoms with E-state index >= 15 is 0 Å². The Morgan fingerprint density at radius 3 is 1.78 bits per heavy atom. The van der Waals surface area contributed by atoms with Crippen LogP contribution in [0.15, 0.2) is 60.7 Å². The van der Waals surface area contributed by atoms with Gasteiger partial charge in [0.15, 0.2) is 0 Å². The second-order valence-corrected chi connectivity index (χ2v) is 5.34. The van der Waals surface area contributed by atoms with Crippen molar-refractivity contribution < 1.29 is 14.7 Å². The highest BCUT2D eigenvalue weighted by Gasteiger charge is 2.22. The van der Waals surface area contributed by atoms with Crippen LogP contribution in [0.4, 0.5) is 4.79 Å². The molecular weight excluding hydrogens is 292 g/mol. The third-order valence-electron chi connectivity index (χ3n) is 3.45. The third-order valence-corrected chi connectivity index (χ3v) is 3.45. The van der Waals surface area contributed by atoms with E-state index in [9.17, 15) is 9.59 Å². The molecule has 0 aromatic heterocycles. The fraction of sp³-hybridized carbons (Fsp3) is 0.222. The summed E-state index contributed by atoms with van der Waals surface area (Å²) in [7, 11) is 0. The highest BCUT2D eigenvalue weighted by molar-refractivity contribution is 5.84. The molecule has 0 saturated carbocycles. The van der Waals surface area contributed by atoms with Gasteiger partial charge in [-0.15, -0.1) is 0 Å². The van der Waals surface area contributed by atoms with E-state index in [1.807, 2.05) is 60.7 Å². The van der Waals surface area contributed by atoms with Crippen LogP contribution in [-0.4, -0.2) is 28.0 Å². The monoisotopic (exact) mass is 312 g/mol. The molecule has 5 nitrogen and oxygen atoms in total. The van der Waals surface area contributed by atoms with Gasteiger partial charge >= 0.3 is 6.09 Å². The van der Waals surface area contributed by atoms with Crippen molar-refractivity contribution in [3.8, 4) is 0 Å². The van der Waals surface area contributed by atoms with Gasteiger partial charge in [0.05, 0.1) is 0 Å². The van der Waals surface area contributed by atoms with Gasteiger partial charge in [-0.05, 0) is 18.1 Å². The van der Waals surface area contributed by atoms with Gasteiger partial charge in [0.25, 0.3) is 0 Å². The van der Waals surface area contributed by atoms with E-state index in [2.05, 4.69) is 5.32 Å². The molecule has 0 aliphatic carbocycles. The number of hydrogen-bond acceptors (Lipinski definition) is 2. The molecule has 2 N–H and O–H groups in total. The van der Waals surface area contributed by atoms with Gasteiger partial charge < -0.3 is 15.3 Å². The van der Waals surface area contributed by atoms with E-state index in [-0.39, 0.29) is 5.91 Å². The first-order valence-corrected chi connectivity index (χ1v) is 7.42. The minimum absolute atomic E-state index is 0.250. The summed E-state index contributed by atoms with van der Waals surface area (Å²) < 4.78 is 0. The Kier molecular flexibility index (Phi) is 5.74. The molecule has 0 saturated heterocycles. The van der Waals surface area contributed by atoms with Crippen molar-refractivity contribution >= 4 is 12.0 Å². The Bertz CT molecular complexity index is 602. The predicted molar refractivity (Wildman–Crippen MR) is 87.8 cm³/mol. The van der Waals surface area contributed by atoms with Crippen LogP contribution in [0, 0.1) is 0 Å². The van der Waals surface area contributed by atoms with Crippen molar-refractivity contribution in [2.45, 2.75) is 26.1 Å². The summed E-state index contributed by atoms with van der Waals surface area (Å²) in [5.41, 5.74) is 2.00. The molecule has 2 aromatic carbocycles. The first-order chi connectivity index (χ1) is 11.1. The first kappa shape index (κ1) is 16.5. The van der Waals surface area contributed by atoms with Gasteiger partial charge in [0, 0.05) is 13.1 Å².